The SMILES string of the molecule is Cc1nc(-c2ccccc2)cc(-c2cc(-c3ccccc3)nc(C)n2)n1. The molecule has 0 aliphatic heterocycles. The fourth-order valence-electron chi connectivity index (χ4n) is 2.91. The lowest BCUT2D eigenvalue weighted by Crippen LogP contribution is -1.99. The molecule has 0 spiro atoms. The lowest BCUT2D eigenvalue weighted by Gasteiger charge is -2.09. The largest absolute Gasteiger partial charge is 0.233 e. The number of rotatable bonds is 3. The monoisotopic (exact) mass is 338 g/mol. The van der Waals surface area contributed by atoms with Gasteiger partial charge >= 0.3 is 0 Å². The summed E-state index contributed by atoms with van der Waals surface area (Å²) in [6.45, 7) is 3.81. The van der Waals surface area contributed by atoms with Gasteiger partial charge in [-0.05, 0) is 26.0 Å². The van der Waals surface area contributed by atoms with Crippen LogP contribution < -0.4 is 0 Å². The van der Waals surface area contributed by atoms with Gasteiger partial charge in [-0.2, -0.15) is 0 Å². The first-order valence-electron chi connectivity index (χ1n) is 8.51. The maximum Gasteiger partial charge on any atom is 0.126 e. The fraction of sp³-hybridized carbons (Fsp3) is 0.0909. The molecule has 0 fully saturated rings. The molecule has 0 bridgehead atoms. The fourth-order valence-corrected chi connectivity index (χ4v) is 2.91. The van der Waals surface area contributed by atoms with Crippen LogP contribution in [0.4, 0.5) is 0 Å². The summed E-state index contributed by atoms with van der Waals surface area (Å²) in [6.07, 6.45) is 0. The molecule has 0 aliphatic carbocycles. The maximum absolute atomic E-state index is 4.60. The number of hydrogen-bond donors (Lipinski definition) is 0. The Labute approximate surface area is 152 Å². The van der Waals surface area contributed by atoms with Gasteiger partial charge in [0.1, 0.15) is 11.6 Å². The van der Waals surface area contributed by atoms with Crippen molar-refractivity contribution in [2.75, 3.05) is 0 Å². The normalized spacial score (nSPS) is 10.7. The van der Waals surface area contributed by atoms with Crippen molar-refractivity contribution in [3.8, 4) is 33.9 Å². The molecule has 0 unspecified atom stereocenters. The van der Waals surface area contributed by atoms with Crippen LogP contribution in [-0.4, -0.2) is 19.9 Å². The lowest BCUT2D eigenvalue weighted by molar-refractivity contribution is 1.02. The van der Waals surface area contributed by atoms with E-state index in [2.05, 4.69) is 19.9 Å². The molecule has 2 aromatic heterocycles. The topological polar surface area (TPSA) is 51.6 Å². The van der Waals surface area contributed by atoms with Crippen LogP contribution in [0.25, 0.3) is 33.9 Å². The van der Waals surface area contributed by atoms with Crippen molar-refractivity contribution in [2.45, 2.75) is 13.8 Å². The number of nitrogens with zero attached hydrogens (tertiary/aromatic N) is 4. The summed E-state index contributed by atoms with van der Waals surface area (Å²) in [4.78, 5) is 18.4. The third-order valence-corrected chi connectivity index (χ3v) is 4.08. The van der Waals surface area contributed by atoms with Gasteiger partial charge in [0.25, 0.3) is 0 Å². The highest BCUT2D eigenvalue weighted by atomic mass is 14.9. The van der Waals surface area contributed by atoms with Crippen LogP contribution in [0.2, 0.25) is 0 Å². The predicted octanol–water partition coefficient (Wildman–Crippen LogP) is 4.88. The van der Waals surface area contributed by atoms with Crippen LogP contribution in [0.1, 0.15) is 11.6 Å². The van der Waals surface area contributed by atoms with E-state index >= 15 is 0 Å². The molecule has 0 saturated heterocycles. The first-order chi connectivity index (χ1) is 12.7. The molecule has 126 valence electrons. The Morgan fingerprint density at radius 1 is 0.462 bits per heavy atom. The zero-order valence-electron chi connectivity index (χ0n) is 14.7. The second kappa shape index (κ2) is 6.84. The Morgan fingerprint density at radius 3 is 1.19 bits per heavy atom. The van der Waals surface area contributed by atoms with Crippen LogP contribution in [0.5, 0.6) is 0 Å². The summed E-state index contributed by atoms with van der Waals surface area (Å²) in [5.74, 6) is 1.44. The molecule has 4 heteroatoms. The van der Waals surface area contributed by atoms with Crippen LogP contribution in [-0.2, 0) is 0 Å². The highest BCUT2D eigenvalue weighted by Crippen LogP contribution is 2.25. The highest BCUT2D eigenvalue weighted by molar-refractivity contribution is 5.69. The Kier molecular flexibility index (Phi) is 4.23. The van der Waals surface area contributed by atoms with Crippen molar-refractivity contribution in [1.29, 1.82) is 0 Å². The van der Waals surface area contributed by atoms with Gasteiger partial charge in [-0.15, -0.1) is 0 Å². The van der Waals surface area contributed by atoms with Gasteiger partial charge in [-0.25, -0.2) is 19.9 Å². The Hall–Kier alpha value is -3.40. The number of aryl methyl sites for hydroxylation is 2. The number of hydrogen-bond acceptors (Lipinski definition) is 4. The molecule has 4 aromatic rings. The quantitative estimate of drug-likeness (QED) is 0.534. The van der Waals surface area contributed by atoms with E-state index in [4.69, 9.17) is 0 Å². The maximum atomic E-state index is 4.60. The van der Waals surface area contributed by atoms with E-state index in [1.807, 2.05) is 86.6 Å². The summed E-state index contributed by atoms with van der Waals surface area (Å²) < 4.78 is 0. The molecule has 2 heterocycles. The molecule has 0 amide bonds. The summed E-state index contributed by atoms with van der Waals surface area (Å²) in [5.41, 5.74) is 5.52. The predicted molar refractivity (Wildman–Crippen MR) is 103 cm³/mol. The molecular weight excluding hydrogens is 320 g/mol. The van der Waals surface area contributed by atoms with E-state index in [9.17, 15) is 0 Å². The summed E-state index contributed by atoms with van der Waals surface area (Å²) in [5, 5.41) is 0. The Balaban J connectivity index is 1.83. The molecule has 0 radical (unpaired) electrons. The van der Waals surface area contributed by atoms with Gasteiger partial charge in [0.2, 0.25) is 0 Å². The molecule has 0 aliphatic rings. The third-order valence-electron chi connectivity index (χ3n) is 4.08. The minimum atomic E-state index is 0.721. The first-order valence-corrected chi connectivity index (χ1v) is 8.51. The van der Waals surface area contributed by atoms with Gasteiger partial charge in [-0.1, -0.05) is 60.7 Å². The zero-order chi connectivity index (χ0) is 17.9. The van der Waals surface area contributed by atoms with E-state index in [1.165, 1.54) is 0 Å². The van der Waals surface area contributed by atoms with E-state index in [1.54, 1.807) is 0 Å². The molecular formula is C22H18N4. The second-order valence-corrected chi connectivity index (χ2v) is 6.10. The van der Waals surface area contributed by atoms with Crippen molar-refractivity contribution >= 4 is 0 Å². The summed E-state index contributed by atoms with van der Waals surface area (Å²) in [6, 6.07) is 24.2. The Morgan fingerprint density at radius 2 is 0.808 bits per heavy atom. The molecule has 2 aromatic carbocycles. The minimum absolute atomic E-state index is 0.721. The van der Waals surface area contributed by atoms with Gasteiger partial charge in [0, 0.05) is 11.1 Å². The lowest BCUT2D eigenvalue weighted by atomic mass is 10.1. The molecule has 26 heavy (non-hydrogen) atoms. The van der Waals surface area contributed by atoms with Crippen molar-refractivity contribution in [1.82, 2.24) is 19.9 Å². The summed E-state index contributed by atoms with van der Waals surface area (Å²) >= 11 is 0. The van der Waals surface area contributed by atoms with E-state index in [-0.39, 0.29) is 0 Å². The highest BCUT2D eigenvalue weighted by Gasteiger charge is 2.11. The van der Waals surface area contributed by atoms with Crippen molar-refractivity contribution in [2.24, 2.45) is 0 Å². The minimum Gasteiger partial charge on any atom is -0.233 e. The van der Waals surface area contributed by atoms with Crippen molar-refractivity contribution < 1.29 is 0 Å². The molecule has 4 nitrogen and oxygen atoms in total. The van der Waals surface area contributed by atoms with Gasteiger partial charge in [0.15, 0.2) is 0 Å². The molecule has 0 N–H and O–H groups in total. The van der Waals surface area contributed by atoms with Crippen molar-refractivity contribution in [3.63, 3.8) is 0 Å². The second-order valence-electron chi connectivity index (χ2n) is 6.10. The van der Waals surface area contributed by atoms with Crippen LogP contribution in [0, 0.1) is 13.8 Å². The van der Waals surface area contributed by atoms with Gasteiger partial charge < -0.3 is 0 Å². The number of benzene rings is 2. The van der Waals surface area contributed by atoms with Gasteiger partial charge in [-0.3, -0.25) is 0 Å². The smallest absolute Gasteiger partial charge is 0.126 e. The van der Waals surface area contributed by atoms with E-state index in [0.29, 0.717) is 0 Å². The third kappa shape index (κ3) is 3.35. The molecule has 4 rings (SSSR count). The average molecular weight is 338 g/mol. The first kappa shape index (κ1) is 16.1. The molecule has 0 saturated carbocycles. The van der Waals surface area contributed by atoms with Crippen LogP contribution in [0.15, 0.2) is 72.8 Å². The average Bonchev–Trinajstić information content (AvgIpc) is 2.68. The van der Waals surface area contributed by atoms with Crippen LogP contribution in [0.3, 0.4) is 0 Å². The number of aromatic nitrogens is 4. The molecule has 0 atom stereocenters. The van der Waals surface area contributed by atoms with Crippen LogP contribution >= 0.6 is 0 Å². The standard InChI is InChI=1S/C22H18N4/c1-15-23-19(17-9-5-3-6-10-17)13-21(25-15)22-14-20(24-16(2)26-22)18-11-7-4-8-12-18/h3-14H,1-2H3. The van der Waals surface area contributed by atoms with Gasteiger partial charge in [0.05, 0.1) is 22.8 Å². The van der Waals surface area contributed by atoms with Crippen molar-refractivity contribution in [3.05, 3.63) is 84.4 Å². The summed E-state index contributed by atoms with van der Waals surface area (Å²) in [7, 11) is 0. The van der Waals surface area contributed by atoms with E-state index < -0.39 is 0 Å². The Bertz CT molecular complexity index is 957. The van der Waals surface area contributed by atoms with E-state index in [0.717, 1.165) is 45.6 Å². The zero-order valence-corrected chi connectivity index (χ0v) is 14.7.